The number of rotatable bonds is 2. The number of aryl methyl sites for hydroxylation is 1. The molecular weight excluding hydrogens is 260 g/mol. The highest BCUT2D eigenvalue weighted by atomic mass is 35.5. The summed E-state index contributed by atoms with van der Waals surface area (Å²) in [4.78, 5) is 11.2. The van der Waals surface area contributed by atoms with E-state index in [0.717, 1.165) is 23.4 Å². The van der Waals surface area contributed by atoms with Crippen LogP contribution in [0.25, 0.3) is 0 Å². The lowest BCUT2D eigenvalue weighted by Gasteiger charge is -2.24. The molecule has 2 nitrogen and oxygen atoms in total. The molecule has 0 spiro atoms. The van der Waals surface area contributed by atoms with Crippen molar-refractivity contribution in [2.45, 2.75) is 56.8 Å². The van der Waals surface area contributed by atoms with Gasteiger partial charge in [-0.05, 0) is 54.4 Å². The third-order valence-electron chi connectivity index (χ3n) is 4.68. The average molecular weight is 279 g/mol. The predicted molar refractivity (Wildman–Crippen MR) is 76.0 cm³/mol. The maximum absolute atomic E-state index is 11.2. The molecule has 0 bridgehead atoms. The van der Waals surface area contributed by atoms with Crippen molar-refractivity contribution in [3.05, 3.63) is 33.8 Å². The van der Waals surface area contributed by atoms with Crippen molar-refractivity contribution in [2.24, 2.45) is 0 Å². The number of carbonyl (C=O) groups is 1. The Morgan fingerprint density at radius 2 is 1.84 bits per heavy atom. The van der Waals surface area contributed by atoms with E-state index in [0.29, 0.717) is 5.92 Å². The number of hydrogen-bond acceptors (Lipinski definition) is 1. The highest BCUT2D eigenvalue weighted by Crippen LogP contribution is 2.42. The molecule has 2 aliphatic carbocycles. The van der Waals surface area contributed by atoms with Gasteiger partial charge in [0, 0.05) is 5.02 Å². The van der Waals surface area contributed by atoms with Gasteiger partial charge in [-0.1, -0.05) is 36.9 Å². The average Bonchev–Trinajstić information content (AvgIpc) is 2.81. The molecule has 1 aromatic carbocycles. The molecule has 1 aromatic rings. The van der Waals surface area contributed by atoms with Crippen molar-refractivity contribution in [3.63, 3.8) is 0 Å². The van der Waals surface area contributed by atoms with Gasteiger partial charge in [0.2, 0.25) is 0 Å². The van der Waals surface area contributed by atoms with E-state index in [-0.39, 0.29) is 5.92 Å². The third kappa shape index (κ3) is 2.38. The Labute approximate surface area is 118 Å². The van der Waals surface area contributed by atoms with Crippen LogP contribution in [-0.4, -0.2) is 11.1 Å². The Morgan fingerprint density at radius 1 is 1.11 bits per heavy atom. The summed E-state index contributed by atoms with van der Waals surface area (Å²) in [7, 11) is 0. The highest BCUT2D eigenvalue weighted by Gasteiger charge is 2.30. The zero-order valence-electron chi connectivity index (χ0n) is 11.0. The van der Waals surface area contributed by atoms with Gasteiger partial charge in [0.05, 0.1) is 5.92 Å². The fourth-order valence-electron chi connectivity index (χ4n) is 3.63. The third-order valence-corrected chi connectivity index (χ3v) is 5.01. The molecule has 102 valence electrons. The van der Waals surface area contributed by atoms with Crippen LogP contribution in [0.15, 0.2) is 12.1 Å². The molecule has 0 unspecified atom stereocenters. The lowest BCUT2D eigenvalue weighted by atomic mass is 9.83. The van der Waals surface area contributed by atoms with E-state index in [1.54, 1.807) is 0 Å². The normalized spacial score (nSPS) is 23.3. The van der Waals surface area contributed by atoms with Gasteiger partial charge in [-0.3, -0.25) is 4.79 Å². The van der Waals surface area contributed by atoms with Crippen LogP contribution in [0, 0.1) is 0 Å². The number of carboxylic acid groups (broad SMARTS) is 1. The van der Waals surface area contributed by atoms with Crippen molar-refractivity contribution >= 4 is 17.6 Å². The minimum Gasteiger partial charge on any atom is -0.481 e. The SMILES string of the molecule is O=C(O)[C@H]1CCc2cc(C3CCCCC3)c(Cl)cc21. The summed E-state index contributed by atoms with van der Waals surface area (Å²) in [5.74, 6) is -0.497. The predicted octanol–water partition coefficient (Wildman–Crippen LogP) is 4.50. The number of benzene rings is 1. The molecule has 0 amide bonds. The molecule has 0 heterocycles. The van der Waals surface area contributed by atoms with Gasteiger partial charge in [-0.2, -0.15) is 0 Å². The van der Waals surface area contributed by atoms with Crippen molar-refractivity contribution < 1.29 is 9.90 Å². The van der Waals surface area contributed by atoms with Crippen molar-refractivity contribution in [1.82, 2.24) is 0 Å². The molecule has 0 aliphatic heterocycles. The first-order valence-electron chi connectivity index (χ1n) is 7.22. The summed E-state index contributed by atoms with van der Waals surface area (Å²) in [6.45, 7) is 0. The summed E-state index contributed by atoms with van der Waals surface area (Å²) in [5.41, 5.74) is 3.40. The molecular formula is C16H19ClO2. The van der Waals surface area contributed by atoms with E-state index in [4.69, 9.17) is 11.6 Å². The second-order valence-corrected chi connectivity index (χ2v) is 6.24. The maximum atomic E-state index is 11.2. The van der Waals surface area contributed by atoms with E-state index >= 15 is 0 Å². The topological polar surface area (TPSA) is 37.3 Å². The molecule has 2 aliphatic rings. The van der Waals surface area contributed by atoms with Gasteiger partial charge < -0.3 is 5.11 Å². The number of carboxylic acids is 1. The minimum atomic E-state index is -0.722. The first-order valence-corrected chi connectivity index (χ1v) is 7.59. The van der Waals surface area contributed by atoms with Crippen molar-refractivity contribution in [2.75, 3.05) is 0 Å². The van der Waals surface area contributed by atoms with E-state index in [2.05, 4.69) is 6.07 Å². The van der Waals surface area contributed by atoms with Gasteiger partial charge in [0.15, 0.2) is 0 Å². The van der Waals surface area contributed by atoms with Crippen LogP contribution in [0.2, 0.25) is 5.02 Å². The Hall–Kier alpha value is -1.02. The number of fused-ring (bicyclic) bond motifs is 1. The summed E-state index contributed by atoms with van der Waals surface area (Å²) in [6, 6.07) is 4.11. The van der Waals surface area contributed by atoms with Crippen LogP contribution in [0.5, 0.6) is 0 Å². The second kappa shape index (κ2) is 5.16. The summed E-state index contributed by atoms with van der Waals surface area (Å²) in [6.07, 6.45) is 7.95. The van der Waals surface area contributed by atoms with E-state index in [9.17, 15) is 9.90 Å². The Bertz CT molecular complexity index is 504. The Kier molecular flexibility index (Phi) is 3.53. The number of hydrogen-bond donors (Lipinski definition) is 1. The maximum Gasteiger partial charge on any atom is 0.310 e. The van der Waals surface area contributed by atoms with Gasteiger partial charge >= 0.3 is 5.97 Å². The molecule has 1 fully saturated rings. The van der Waals surface area contributed by atoms with Crippen LogP contribution in [0.1, 0.15) is 67.1 Å². The van der Waals surface area contributed by atoms with E-state index in [1.807, 2.05) is 6.07 Å². The molecule has 19 heavy (non-hydrogen) atoms. The standard InChI is InChI=1S/C16H19ClO2/c17-15-9-13-11(6-7-12(13)16(18)19)8-14(15)10-4-2-1-3-5-10/h8-10,12H,1-7H2,(H,18,19)/t12-/m0/s1. The smallest absolute Gasteiger partial charge is 0.310 e. The molecule has 1 atom stereocenters. The van der Waals surface area contributed by atoms with Crippen LogP contribution in [0.3, 0.4) is 0 Å². The second-order valence-electron chi connectivity index (χ2n) is 5.84. The molecule has 0 aromatic heterocycles. The lowest BCUT2D eigenvalue weighted by molar-refractivity contribution is -0.138. The van der Waals surface area contributed by atoms with Gasteiger partial charge in [-0.25, -0.2) is 0 Å². The number of aliphatic carboxylic acids is 1. The Morgan fingerprint density at radius 3 is 2.53 bits per heavy atom. The molecule has 0 saturated heterocycles. The van der Waals surface area contributed by atoms with E-state index in [1.165, 1.54) is 43.2 Å². The molecule has 1 saturated carbocycles. The minimum absolute atomic E-state index is 0.354. The lowest BCUT2D eigenvalue weighted by Crippen LogP contribution is -2.09. The Balaban J connectivity index is 1.94. The molecule has 0 radical (unpaired) electrons. The molecule has 3 heteroatoms. The molecule has 1 N–H and O–H groups in total. The van der Waals surface area contributed by atoms with Crippen molar-refractivity contribution in [3.8, 4) is 0 Å². The summed E-state index contributed by atoms with van der Waals surface area (Å²) in [5, 5.41) is 10.0. The fraction of sp³-hybridized carbons (Fsp3) is 0.562. The van der Waals surface area contributed by atoms with Crippen LogP contribution in [-0.2, 0) is 11.2 Å². The monoisotopic (exact) mass is 278 g/mol. The highest BCUT2D eigenvalue weighted by molar-refractivity contribution is 6.31. The summed E-state index contributed by atoms with van der Waals surface area (Å²) < 4.78 is 0. The molecule has 3 rings (SSSR count). The van der Waals surface area contributed by atoms with Gasteiger partial charge in [0.1, 0.15) is 0 Å². The van der Waals surface area contributed by atoms with Crippen LogP contribution < -0.4 is 0 Å². The van der Waals surface area contributed by atoms with Crippen LogP contribution in [0.4, 0.5) is 0 Å². The largest absolute Gasteiger partial charge is 0.481 e. The quantitative estimate of drug-likeness (QED) is 0.865. The first kappa shape index (κ1) is 13.0. The fourth-order valence-corrected chi connectivity index (χ4v) is 3.96. The van der Waals surface area contributed by atoms with E-state index < -0.39 is 5.97 Å². The zero-order valence-corrected chi connectivity index (χ0v) is 11.7. The summed E-state index contributed by atoms with van der Waals surface area (Å²) >= 11 is 6.42. The van der Waals surface area contributed by atoms with Crippen LogP contribution >= 0.6 is 11.6 Å². The number of halogens is 1. The van der Waals surface area contributed by atoms with Gasteiger partial charge in [0.25, 0.3) is 0 Å². The van der Waals surface area contributed by atoms with Crippen molar-refractivity contribution in [1.29, 1.82) is 0 Å². The first-order chi connectivity index (χ1) is 9.16. The zero-order chi connectivity index (χ0) is 13.4. The van der Waals surface area contributed by atoms with Gasteiger partial charge in [-0.15, -0.1) is 0 Å².